The van der Waals surface area contributed by atoms with Crippen molar-refractivity contribution in [2.75, 3.05) is 30.3 Å². The number of carbonyl (C=O) groups excluding carboxylic acids is 1. The molecule has 0 aromatic carbocycles. The minimum atomic E-state index is -0.836. The number of urea groups is 1. The molecule has 2 N–H and O–H groups in total. The normalized spacial score (nSPS) is 27.3. The number of rotatable bonds is 4. The first-order chi connectivity index (χ1) is 9.16. The van der Waals surface area contributed by atoms with Crippen LogP contribution in [0.2, 0.25) is 0 Å². The van der Waals surface area contributed by atoms with Crippen molar-refractivity contribution in [3.8, 4) is 0 Å². The van der Waals surface area contributed by atoms with E-state index in [4.69, 9.17) is 5.11 Å². The van der Waals surface area contributed by atoms with Crippen LogP contribution in [0.3, 0.4) is 0 Å². The van der Waals surface area contributed by atoms with Crippen LogP contribution in [-0.4, -0.2) is 63.6 Å². The highest BCUT2D eigenvalue weighted by atomic mass is 32.2. The van der Waals surface area contributed by atoms with Crippen molar-refractivity contribution in [3.63, 3.8) is 0 Å². The number of aliphatic carboxylic acids is 1. The van der Waals surface area contributed by atoms with Crippen molar-refractivity contribution in [1.82, 2.24) is 10.2 Å². The van der Waals surface area contributed by atoms with E-state index in [0.717, 1.165) is 11.5 Å². The van der Waals surface area contributed by atoms with Gasteiger partial charge in [-0.2, -0.15) is 23.5 Å². The van der Waals surface area contributed by atoms with Crippen LogP contribution in [0, 0.1) is 0 Å². The molecule has 19 heavy (non-hydrogen) atoms. The van der Waals surface area contributed by atoms with Gasteiger partial charge in [-0.25, -0.2) is 4.79 Å². The topological polar surface area (TPSA) is 69.6 Å². The number of carbonyl (C=O) groups is 2. The maximum atomic E-state index is 12.2. The van der Waals surface area contributed by atoms with Crippen molar-refractivity contribution < 1.29 is 14.7 Å². The molecule has 2 unspecified atom stereocenters. The first-order valence-corrected chi connectivity index (χ1v) is 8.83. The molecule has 2 amide bonds. The van der Waals surface area contributed by atoms with Crippen LogP contribution in [0.4, 0.5) is 4.79 Å². The van der Waals surface area contributed by atoms with Crippen LogP contribution in [0.1, 0.15) is 19.3 Å². The van der Waals surface area contributed by atoms with Gasteiger partial charge in [-0.05, 0) is 18.6 Å². The molecule has 7 heteroatoms. The third-order valence-corrected chi connectivity index (χ3v) is 5.89. The Morgan fingerprint density at radius 3 is 2.89 bits per heavy atom. The van der Waals surface area contributed by atoms with E-state index < -0.39 is 5.97 Å². The van der Waals surface area contributed by atoms with Crippen LogP contribution in [-0.2, 0) is 4.79 Å². The number of carboxylic acid groups (broad SMARTS) is 1. The molecule has 2 aliphatic heterocycles. The quantitative estimate of drug-likeness (QED) is 0.823. The van der Waals surface area contributed by atoms with E-state index in [-0.39, 0.29) is 18.5 Å². The van der Waals surface area contributed by atoms with Gasteiger partial charge in [0.15, 0.2) is 0 Å². The molecule has 0 radical (unpaired) electrons. The van der Waals surface area contributed by atoms with Gasteiger partial charge >= 0.3 is 12.0 Å². The number of hydrogen-bond acceptors (Lipinski definition) is 4. The van der Waals surface area contributed by atoms with Gasteiger partial charge in [0, 0.05) is 29.8 Å². The largest absolute Gasteiger partial charge is 0.481 e. The fourth-order valence-corrected chi connectivity index (χ4v) is 4.66. The van der Waals surface area contributed by atoms with Crippen LogP contribution < -0.4 is 5.32 Å². The summed E-state index contributed by atoms with van der Waals surface area (Å²) < 4.78 is 0. The fourth-order valence-electron chi connectivity index (χ4n) is 2.40. The van der Waals surface area contributed by atoms with Gasteiger partial charge in [0.1, 0.15) is 0 Å². The molecule has 0 aliphatic carbocycles. The van der Waals surface area contributed by atoms with Crippen molar-refractivity contribution >= 4 is 35.5 Å². The highest BCUT2D eigenvalue weighted by molar-refractivity contribution is 8.00. The standard InChI is InChI=1S/C12H20N2O3S2/c15-11(16)6-9-8-18-5-3-14(9)12(17)13-7-10-2-1-4-19-10/h9-10H,1-8H2,(H,13,17)(H,15,16). The molecular formula is C12H20N2O3S2. The summed E-state index contributed by atoms with van der Waals surface area (Å²) >= 11 is 3.63. The number of amides is 2. The van der Waals surface area contributed by atoms with Gasteiger partial charge < -0.3 is 15.3 Å². The van der Waals surface area contributed by atoms with Gasteiger partial charge in [-0.1, -0.05) is 0 Å². The molecule has 2 saturated heterocycles. The average molecular weight is 304 g/mol. The van der Waals surface area contributed by atoms with E-state index in [2.05, 4.69) is 5.32 Å². The van der Waals surface area contributed by atoms with E-state index in [9.17, 15) is 9.59 Å². The van der Waals surface area contributed by atoms with Gasteiger partial charge in [-0.15, -0.1) is 0 Å². The Morgan fingerprint density at radius 1 is 1.37 bits per heavy atom. The molecule has 2 atom stereocenters. The van der Waals surface area contributed by atoms with Gasteiger partial charge in [-0.3, -0.25) is 4.79 Å². The highest BCUT2D eigenvalue weighted by Crippen LogP contribution is 2.25. The SMILES string of the molecule is O=C(O)CC1CSCCN1C(=O)NCC1CCCS1. The van der Waals surface area contributed by atoms with Gasteiger partial charge in [0.2, 0.25) is 0 Å². The van der Waals surface area contributed by atoms with Crippen LogP contribution >= 0.6 is 23.5 Å². The minimum Gasteiger partial charge on any atom is -0.481 e. The summed E-state index contributed by atoms with van der Waals surface area (Å²) in [5.74, 6) is 1.96. The summed E-state index contributed by atoms with van der Waals surface area (Å²) in [7, 11) is 0. The Bertz CT molecular complexity index is 335. The van der Waals surface area contributed by atoms with Crippen LogP contribution in [0.25, 0.3) is 0 Å². The first-order valence-electron chi connectivity index (χ1n) is 6.62. The summed E-state index contributed by atoms with van der Waals surface area (Å²) in [6, 6.07) is -0.272. The lowest BCUT2D eigenvalue weighted by Crippen LogP contribution is -2.52. The monoisotopic (exact) mass is 304 g/mol. The van der Waals surface area contributed by atoms with Crippen molar-refractivity contribution in [2.45, 2.75) is 30.6 Å². The predicted octanol–water partition coefficient (Wildman–Crippen LogP) is 1.48. The van der Waals surface area contributed by atoms with Gasteiger partial charge in [0.05, 0.1) is 12.5 Å². The maximum absolute atomic E-state index is 12.2. The Balaban J connectivity index is 1.82. The smallest absolute Gasteiger partial charge is 0.317 e. The summed E-state index contributed by atoms with van der Waals surface area (Å²) in [6.07, 6.45) is 2.44. The lowest BCUT2D eigenvalue weighted by atomic mass is 10.2. The second kappa shape index (κ2) is 7.28. The highest BCUT2D eigenvalue weighted by Gasteiger charge is 2.29. The molecule has 0 bridgehead atoms. The Morgan fingerprint density at radius 2 is 2.21 bits per heavy atom. The third-order valence-electron chi connectivity index (χ3n) is 3.40. The number of hydrogen-bond donors (Lipinski definition) is 2. The van der Waals surface area contributed by atoms with E-state index in [1.807, 2.05) is 11.8 Å². The number of thioether (sulfide) groups is 2. The summed E-state index contributed by atoms with van der Waals surface area (Å²) in [5, 5.41) is 12.4. The van der Waals surface area contributed by atoms with Crippen molar-refractivity contribution in [2.24, 2.45) is 0 Å². The fraction of sp³-hybridized carbons (Fsp3) is 0.833. The summed E-state index contributed by atoms with van der Waals surface area (Å²) in [5.41, 5.74) is 0. The molecule has 0 saturated carbocycles. The average Bonchev–Trinajstić information content (AvgIpc) is 2.89. The molecule has 2 heterocycles. The van der Waals surface area contributed by atoms with E-state index in [0.29, 0.717) is 18.3 Å². The Labute approximate surface area is 121 Å². The molecule has 0 spiro atoms. The lowest BCUT2D eigenvalue weighted by Gasteiger charge is -2.34. The molecule has 108 valence electrons. The zero-order valence-electron chi connectivity index (χ0n) is 10.8. The first kappa shape index (κ1) is 14.8. The van der Waals surface area contributed by atoms with Crippen LogP contribution in [0.5, 0.6) is 0 Å². The zero-order chi connectivity index (χ0) is 13.7. The van der Waals surface area contributed by atoms with Crippen molar-refractivity contribution in [1.29, 1.82) is 0 Å². The molecule has 2 aliphatic rings. The molecule has 0 aromatic rings. The van der Waals surface area contributed by atoms with Crippen molar-refractivity contribution in [3.05, 3.63) is 0 Å². The predicted molar refractivity (Wildman–Crippen MR) is 79.0 cm³/mol. The molecule has 2 rings (SSSR count). The molecular weight excluding hydrogens is 284 g/mol. The lowest BCUT2D eigenvalue weighted by molar-refractivity contribution is -0.137. The van der Waals surface area contributed by atoms with E-state index in [1.165, 1.54) is 18.6 Å². The van der Waals surface area contributed by atoms with E-state index in [1.54, 1.807) is 16.7 Å². The molecule has 2 fully saturated rings. The summed E-state index contributed by atoms with van der Waals surface area (Å²) in [4.78, 5) is 24.7. The number of nitrogens with one attached hydrogen (secondary N) is 1. The maximum Gasteiger partial charge on any atom is 0.317 e. The van der Waals surface area contributed by atoms with Crippen LogP contribution in [0.15, 0.2) is 0 Å². The minimum absolute atomic E-state index is 0.0403. The Kier molecular flexibility index (Phi) is 5.69. The second-order valence-corrected chi connectivity index (χ2v) is 7.40. The second-order valence-electron chi connectivity index (χ2n) is 4.84. The summed E-state index contributed by atoms with van der Waals surface area (Å²) in [6.45, 7) is 1.35. The number of carboxylic acids is 1. The number of nitrogens with zero attached hydrogens (tertiary/aromatic N) is 1. The van der Waals surface area contributed by atoms with Gasteiger partial charge in [0.25, 0.3) is 0 Å². The zero-order valence-corrected chi connectivity index (χ0v) is 12.5. The molecule has 5 nitrogen and oxygen atoms in total. The molecule has 0 aromatic heterocycles. The Hall–Kier alpha value is -0.560. The van der Waals surface area contributed by atoms with E-state index >= 15 is 0 Å². The third kappa shape index (κ3) is 4.49.